The average Bonchev–Trinajstić information content (AvgIpc) is 2.50. The van der Waals surface area contributed by atoms with Crippen LogP contribution in [0.15, 0.2) is 47.5 Å². The van der Waals surface area contributed by atoms with Crippen LogP contribution in [0.2, 0.25) is 0 Å². The second-order valence-corrected chi connectivity index (χ2v) is 4.96. The van der Waals surface area contributed by atoms with E-state index in [0.717, 1.165) is 22.3 Å². The quantitative estimate of drug-likeness (QED) is 0.766. The van der Waals surface area contributed by atoms with E-state index in [4.69, 9.17) is 0 Å². The number of rotatable bonds is 4. The normalized spacial score (nSPS) is 10.9. The van der Waals surface area contributed by atoms with Gasteiger partial charge in [0.05, 0.1) is 11.4 Å². The fraction of sp³-hybridized carbons (Fsp3) is 0.188. The molecule has 5 heteroatoms. The van der Waals surface area contributed by atoms with Crippen molar-refractivity contribution < 1.29 is 0 Å². The molecule has 0 aliphatic rings. The molecule has 106 valence electrons. The summed E-state index contributed by atoms with van der Waals surface area (Å²) in [4.78, 5) is 23.4. The third-order valence-electron chi connectivity index (χ3n) is 3.29. The first-order valence-corrected chi connectivity index (χ1v) is 6.81. The van der Waals surface area contributed by atoms with Crippen LogP contribution in [0.3, 0.4) is 0 Å². The van der Waals surface area contributed by atoms with Crippen LogP contribution in [0.25, 0.3) is 10.9 Å². The number of aryl methyl sites for hydroxylation is 1. The molecule has 0 aliphatic carbocycles. The van der Waals surface area contributed by atoms with E-state index < -0.39 is 0 Å². The molecule has 0 radical (unpaired) electrons. The zero-order valence-corrected chi connectivity index (χ0v) is 11.8. The predicted molar refractivity (Wildman–Crippen MR) is 81.9 cm³/mol. The smallest absolute Gasteiger partial charge is 0.252 e. The van der Waals surface area contributed by atoms with E-state index in [-0.39, 0.29) is 5.56 Å². The molecule has 1 aromatic carbocycles. The number of nitrogens with zero attached hydrogens (tertiary/aromatic N) is 2. The first-order valence-electron chi connectivity index (χ1n) is 6.81. The van der Waals surface area contributed by atoms with Crippen LogP contribution in [0, 0.1) is 6.92 Å². The van der Waals surface area contributed by atoms with Crippen molar-refractivity contribution in [3.05, 3.63) is 70.0 Å². The van der Waals surface area contributed by atoms with Gasteiger partial charge in [-0.05, 0) is 24.4 Å². The molecule has 5 nitrogen and oxygen atoms in total. The minimum atomic E-state index is -0.0591. The molecule has 0 bridgehead atoms. The zero-order chi connectivity index (χ0) is 14.7. The zero-order valence-electron chi connectivity index (χ0n) is 11.8. The third-order valence-corrected chi connectivity index (χ3v) is 3.29. The lowest BCUT2D eigenvalue weighted by molar-refractivity contribution is 0.672. The summed E-state index contributed by atoms with van der Waals surface area (Å²) in [5, 5.41) is 4.25. The highest BCUT2D eigenvalue weighted by molar-refractivity contribution is 5.78. The highest BCUT2D eigenvalue weighted by atomic mass is 16.1. The van der Waals surface area contributed by atoms with Gasteiger partial charge in [0.15, 0.2) is 0 Å². The molecule has 2 N–H and O–H groups in total. The van der Waals surface area contributed by atoms with Gasteiger partial charge in [0.25, 0.3) is 5.56 Å². The largest absolute Gasteiger partial charge is 0.322 e. The Morgan fingerprint density at radius 3 is 2.81 bits per heavy atom. The highest BCUT2D eigenvalue weighted by Crippen LogP contribution is 2.09. The van der Waals surface area contributed by atoms with Gasteiger partial charge < -0.3 is 10.3 Å². The Labute approximate surface area is 122 Å². The van der Waals surface area contributed by atoms with Crippen LogP contribution < -0.4 is 10.9 Å². The van der Waals surface area contributed by atoms with E-state index in [1.165, 1.54) is 0 Å². The van der Waals surface area contributed by atoms with Crippen LogP contribution in [-0.4, -0.2) is 15.0 Å². The van der Waals surface area contributed by atoms with E-state index in [2.05, 4.69) is 20.3 Å². The van der Waals surface area contributed by atoms with Gasteiger partial charge in [-0.25, -0.2) is 0 Å². The number of para-hydroxylation sites is 1. The monoisotopic (exact) mass is 280 g/mol. The summed E-state index contributed by atoms with van der Waals surface area (Å²) in [6, 6.07) is 9.67. The standard InChI is InChI=1S/C16H16N4O/c1-11-7-19-14(10-18-11)9-17-8-13-6-12-4-2-3-5-15(12)20-16(13)21/h2-7,10,17H,8-9H2,1H3,(H,20,21). The molecule has 0 atom stereocenters. The summed E-state index contributed by atoms with van der Waals surface area (Å²) in [7, 11) is 0. The lowest BCUT2D eigenvalue weighted by atomic mass is 10.1. The molecule has 0 saturated carbocycles. The maximum Gasteiger partial charge on any atom is 0.252 e. The number of hydrogen-bond donors (Lipinski definition) is 2. The number of aromatic nitrogens is 3. The molecule has 21 heavy (non-hydrogen) atoms. The second kappa shape index (κ2) is 5.85. The lowest BCUT2D eigenvalue weighted by Gasteiger charge is -2.05. The molecule has 3 rings (SSSR count). The Bertz CT molecular complexity index is 808. The number of pyridine rings is 1. The first kappa shape index (κ1) is 13.5. The maximum absolute atomic E-state index is 12.0. The van der Waals surface area contributed by atoms with Crippen molar-refractivity contribution in [2.75, 3.05) is 0 Å². The summed E-state index contributed by atoms with van der Waals surface area (Å²) in [5.74, 6) is 0. The van der Waals surface area contributed by atoms with Crippen molar-refractivity contribution >= 4 is 10.9 Å². The van der Waals surface area contributed by atoms with Crippen molar-refractivity contribution in [3.63, 3.8) is 0 Å². The van der Waals surface area contributed by atoms with Gasteiger partial charge >= 0.3 is 0 Å². The van der Waals surface area contributed by atoms with E-state index in [1.807, 2.05) is 37.3 Å². The summed E-state index contributed by atoms with van der Waals surface area (Å²) in [6.45, 7) is 2.98. The molecule has 2 heterocycles. The number of fused-ring (bicyclic) bond motifs is 1. The molecular weight excluding hydrogens is 264 g/mol. The topological polar surface area (TPSA) is 70.7 Å². The van der Waals surface area contributed by atoms with Crippen molar-refractivity contribution in [3.8, 4) is 0 Å². The number of H-pyrrole nitrogens is 1. The summed E-state index contributed by atoms with van der Waals surface area (Å²) in [6.07, 6.45) is 3.48. The van der Waals surface area contributed by atoms with Gasteiger partial charge in [-0.2, -0.15) is 0 Å². The Morgan fingerprint density at radius 1 is 1.14 bits per heavy atom. The Hall–Kier alpha value is -2.53. The summed E-state index contributed by atoms with van der Waals surface area (Å²) in [5.41, 5.74) is 3.27. The SMILES string of the molecule is Cc1cnc(CNCc2cc3ccccc3[nH]c2=O)cn1. The second-order valence-electron chi connectivity index (χ2n) is 4.96. The van der Waals surface area contributed by atoms with Crippen molar-refractivity contribution in [2.45, 2.75) is 20.0 Å². The van der Waals surface area contributed by atoms with E-state index >= 15 is 0 Å². The molecule has 0 spiro atoms. The summed E-state index contributed by atoms with van der Waals surface area (Å²) < 4.78 is 0. The molecular formula is C16H16N4O. The van der Waals surface area contributed by atoms with Gasteiger partial charge in [-0.3, -0.25) is 14.8 Å². The molecule has 0 fully saturated rings. The molecule has 0 unspecified atom stereocenters. The Balaban J connectivity index is 1.71. The van der Waals surface area contributed by atoms with E-state index in [1.54, 1.807) is 12.4 Å². The van der Waals surface area contributed by atoms with Crippen LogP contribution in [-0.2, 0) is 13.1 Å². The van der Waals surface area contributed by atoms with Crippen LogP contribution in [0.4, 0.5) is 0 Å². The Morgan fingerprint density at radius 2 is 2.00 bits per heavy atom. The van der Waals surface area contributed by atoms with E-state index in [0.29, 0.717) is 18.7 Å². The minimum absolute atomic E-state index is 0.0591. The Kier molecular flexibility index (Phi) is 3.75. The number of hydrogen-bond acceptors (Lipinski definition) is 4. The van der Waals surface area contributed by atoms with Crippen LogP contribution in [0.1, 0.15) is 17.0 Å². The summed E-state index contributed by atoms with van der Waals surface area (Å²) >= 11 is 0. The highest BCUT2D eigenvalue weighted by Gasteiger charge is 2.03. The number of benzene rings is 1. The lowest BCUT2D eigenvalue weighted by Crippen LogP contribution is -2.21. The first-order chi connectivity index (χ1) is 10.2. The van der Waals surface area contributed by atoms with Gasteiger partial charge in [0, 0.05) is 36.6 Å². The number of nitrogens with one attached hydrogen (secondary N) is 2. The molecule has 3 aromatic rings. The molecule has 0 amide bonds. The van der Waals surface area contributed by atoms with Crippen molar-refractivity contribution in [1.82, 2.24) is 20.3 Å². The van der Waals surface area contributed by atoms with Crippen molar-refractivity contribution in [2.24, 2.45) is 0 Å². The molecule has 0 aliphatic heterocycles. The van der Waals surface area contributed by atoms with Gasteiger partial charge in [0.1, 0.15) is 0 Å². The van der Waals surface area contributed by atoms with E-state index in [9.17, 15) is 4.79 Å². The molecule has 2 aromatic heterocycles. The van der Waals surface area contributed by atoms with Crippen LogP contribution >= 0.6 is 0 Å². The van der Waals surface area contributed by atoms with Gasteiger partial charge in [-0.15, -0.1) is 0 Å². The fourth-order valence-electron chi connectivity index (χ4n) is 2.16. The van der Waals surface area contributed by atoms with Gasteiger partial charge in [0.2, 0.25) is 0 Å². The fourth-order valence-corrected chi connectivity index (χ4v) is 2.16. The van der Waals surface area contributed by atoms with Crippen LogP contribution in [0.5, 0.6) is 0 Å². The average molecular weight is 280 g/mol. The van der Waals surface area contributed by atoms with Gasteiger partial charge in [-0.1, -0.05) is 18.2 Å². The predicted octanol–water partition coefficient (Wildman–Crippen LogP) is 1.92. The number of aromatic amines is 1. The third kappa shape index (κ3) is 3.14. The minimum Gasteiger partial charge on any atom is -0.322 e. The molecule has 0 saturated heterocycles. The maximum atomic E-state index is 12.0. The van der Waals surface area contributed by atoms with Crippen molar-refractivity contribution in [1.29, 1.82) is 0 Å².